The van der Waals surface area contributed by atoms with Gasteiger partial charge in [0, 0.05) is 18.1 Å². The van der Waals surface area contributed by atoms with E-state index < -0.39 is 15.9 Å². The van der Waals surface area contributed by atoms with Crippen molar-refractivity contribution in [1.29, 1.82) is 0 Å². The Morgan fingerprint density at radius 3 is 2.55 bits per heavy atom. The molecule has 1 N–H and O–H groups in total. The van der Waals surface area contributed by atoms with Crippen LogP contribution in [0.1, 0.15) is 12.8 Å². The van der Waals surface area contributed by atoms with Gasteiger partial charge in [-0.3, -0.25) is 4.79 Å². The minimum atomic E-state index is -3.69. The second kappa shape index (κ2) is 9.12. The van der Waals surface area contributed by atoms with Crippen molar-refractivity contribution in [3.05, 3.63) is 41.4 Å². The Morgan fingerprint density at radius 2 is 1.82 bits per heavy atom. The highest BCUT2D eigenvalue weighted by atomic mass is 35.5. The molecule has 4 aromatic rings. The summed E-state index contributed by atoms with van der Waals surface area (Å²) in [6.07, 6.45) is 3.23. The minimum Gasteiger partial charge on any atom is -0.302 e. The van der Waals surface area contributed by atoms with Crippen LogP contribution in [0.25, 0.3) is 20.4 Å². The Kier molecular flexibility index (Phi) is 6.36. The first-order chi connectivity index (χ1) is 15.8. The fourth-order valence-corrected chi connectivity index (χ4v) is 8.14. The van der Waals surface area contributed by atoms with Crippen LogP contribution in [-0.2, 0) is 14.8 Å². The van der Waals surface area contributed by atoms with Crippen molar-refractivity contribution in [1.82, 2.24) is 14.3 Å². The lowest BCUT2D eigenvalue weighted by molar-refractivity contribution is -0.120. The van der Waals surface area contributed by atoms with Crippen LogP contribution in [0.2, 0.25) is 5.02 Å². The number of thioether (sulfide) groups is 1. The number of fused-ring (bicyclic) bond motifs is 3. The van der Waals surface area contributed by atoms with Gasteiger partial charge in [-0.15, -0.1) is 11.3 Å². The zero-order valence-electron chi connectivity index (χ0n) is 17.4. The first kappa shape index (κ1) is 23.0. The number of piperidine rings is 1. The normalized spacial score (nSPS) is 17.6. The number of anilines is 1. The zero-order valence-corrected chi connectivity index (χ0v) is 21.5. The van der Waals surface area contributed by atoms with Crippen LogP contribution in [-0.4, -0.2) is 47.9 Å². The first-order valence-corrected chi connectivity index (χ1v) is 14.8. The molecule has 5 rings (SSSR count). The second-order valence-corrected chi connectivity index (χ2v) is 13.0. The van der Waals surface area contributed by atoms with Crippen molar-refractivity contribution in [2.24, 2.45) is 5.92 Å². The highest BCUT2D eigenvalue weighted by Gasteiger charge is 2.33. The lowest BCUT2D eigenvalue weighted by atomic mass is 9.99. The van der Waals surface area contributed by atoms with E-state index in [0.717, 1.165) is 24.8 Å². The van der Waals surface area contributed by atoms with E-state index in [2.05, 4.69) is 15.3 Å². The number of nitrogens with zero attached hydrogens (tertiary/aromatic N) is 3. The summed E-state index contributed by atoms with van der Waals surface area (Å²) in [5.41, 5.74) is 1.74. The molecule has 0 radical (unpaired) electrons. The third kappa shape index (κ3) is 4.50. The van der Waals surface area contributed by atoms with Crippen LogP contribution in [0.4, 0.5) is 5.13 Å². The van der Waals surface area contributed by atoms with Crippen molar-refractivity contribution >= 4 is 87.5 Å². The number of hydrogen-bond acceptors (Lipinski definition) is 8. The van der Waals surface area contributed by atoms with Crippen LogP contribution in [0, 0.1) is 5.92 Å². The maximum Gasteiger partial charge on any atom is 0.243 e. The summed E-state index contributed by atoms with van der Waals surface area (Å²) in [5, 5.41) is 3.90. The molecular weight excluding hydrogens is 520 g/mol. The van der Waals surface area contributed by atoms with E-state index in [4.69, 9.17) is 11.6 Å². The van der Waals surface area contributed by atoms with E-state index in [0.29, 0.717) is 29.5 Å². The van der Waals surface area contributed by atoms with Crippen LogP contribution in [0.5, 0.6) is 0 Å². The molecule has 1 aliphatic rings. The van der Waals surface area contributed by atoms with Gasteiger partial charge in [0.25, 0.3) is 0 Å². The topological polar surface area (TPSA) is 92.3 Å². The Labute approximate surface area is 208 Å². The molecule has 12 heteroatoms. The number of carbonyl (C=O) groups is 1. The zero-order chi connectivity index (χ0) is 23.2. The second-order valence-electron chi connectivity index (χ2n) is 7.61. The number of rotatable bonds is 5. The SMILES string of the molecule is CSc1nc2ccc3nc(NC(=O)C4CCCN(S(=O)(=O)c5ccc(Cl)cc5)C4)sc3c2s1. The van der Waals surface area contributed by atoms with Gasteiger partial charge in [-0.05, 0) is 55.5 Å². The molecule has 1 saturated heterocycles. The number of carbonyl (C=O) groups excluding carboxylic acids is 1. The molecule has 2 aromatic carbocycles. The number of halogens is 1. The molecule has 2 aromatic heterocycles. The fraction of sp³-hybridized carbons (Fsp3) is 0.286. The van der Waals surface area contributed by atoms with Gasteiger partial charge in [0.2, 0.25) is 15.9 Å². The molecule has 7 nitrogen and oxygen atoms in total. The molecule has 1 amide bonds. The van der Waals surface area contributed by atoms with Gasteiger partial charge in [-0.25, -0.2) is 18.4 Å². The molecule has 1 aliphatic heterocycles. The van der Waals surface area contributed by atoms with E-state index >= 15 is 0 Å². The molecule has 1 unspecified atom stereocenters. The highest BCUT2D eigenvalue weighted by Crippen LogP contribution is 2.38. The quantitative estimate of drug-likeness (QED) is 0.346. The number of nitrogens with one attached hydrogen (secondary N) is 1. The number of benzene rings is 2. The molecule has 172 valence electrons. The van der Waals surface area contributed by atoms with Crippen LogP contribution < -0.4 is 5.32 Å². The number of aromatic nitrogens is 2. The summed E-state index contributed by atoms with van der Waals surface area (Å²) in [4.78, 5) is 22.4. The molecule has 1 fully saturated rings. The molecule has 33 heavy (non-hydrogen) atoms. The van der Waals surface area contributed by atoms with Crippen molar-refractivity contribution < 1.29 is 13.2 Å². The summed E-state index contributed by atoms with van der Waals surface area (Å²) in [6.45, 7) is 0.523. The van der Waals surface area contributed by atoms with Crippen molar-refractivity contribution in [3.8, 4) is 0 Å². The molecular formula is C21H19ClN4O3S4. The van der Waals surface area contributed by atoms with Crippen molar-refractivity contribution in [3.63, 3.8) is 0 Å². The maximum atomic E-state index is 13.0. The Balaban J connectivity index is 1.34. The summed E-state index contributed by atoms with van der Waals surface area (Å²) in [7, 11) is -3.69. The molecule has 0 bridgehead atoms. The summed E-state index contributed by atoms with van der Waals surface area (Å²) >= 11 is 10.5. The van der Waals surface area contributed by atoms with Gasteiger partial charge >= 0.3 is 0 Å². The molecule has 0 saturated carbocycles. The van der Waals surface area contributed by atoms with E-state index in [1.165, 1.54) is 27.8 Å². The van der Waals surface area contributed by atoms with Crippen LogP contribution in [0.3, 0.4) is 0 Å². The van der Waals surface area contributed by atoms with E-state index in [1.54, 1.807) is 35.2 Å². The average molecular weight is 539 g/mol. The molecule has 1 atom stereocenters. The summed E-state index contributed by atoms with van der Waals surface area (Å²) < 4.78 is 30.5. The molecule has 3 heterocycles. The maximum absolute atomic E-state index is 13.0. The van der Waals surface area contributed by atoms with Gasteiger partial charge in [0.1, 0.15) is 0 Å². The van der Waals surface area contributed by atoms with Gasteiger partial charge in [0.05, 0.1) is 31.2 Å². The summed E-state index contributed by atoms with van der Waals surface area (Å²) in [6, 6.07) is 9.95. The smallest absolute Gasteiger partial charge is 0.243 e. The van der Waals surface area contributed by atoms with E-state index in [1.807, 2.05) is 18.4 Å². The minimum absolute atomic E-state index is 0.137. The number of amides is 1. The predicted molar refractivity (Wildman–Crippen MR) is 136 cm³/mol. The highest BCUT2D eigenvalue weighted by molar-refractivity contribution is 8.00. The number of thiazole rings is 2. The number of hydrogen-bond donors (Lipinski definition) is 1. The monoisotopic (exact) mass is 538 g/mol. The van der Waals surface area contributed by atoms with Crippen molar-refractivity contribution in [2.75, 3.05) is 24.7 Å². The predicted octanol–water partition coefficient (Wildman–Crippen LogP) is 5.32. The standard InChI is InChI=1S/C21H19ClN4O3S4/c1-30-21-24-16-9-8-15-17(18(16)32-21)31-20(23-15)25-19(27)12-3-2-10-26(11-12)33(28,29)14-6-4-13(22)5-7-14/h4-9,12H,2-3,10-11H2,1H3,(H,23,25,27). The Morgan fingerprint density at radius 1 is 1.12 bits per heavy atom. The average Bonchev–Trinajstić information content (AvgIpc) is 3.42. The first-order valence-electron chi connectivity index (χ1n) is 10.2. The van der Waals surface area contributed by atoms with Gasteiger partial charge in [-0.1, -0.05) is 34.7 Å². The van der Waals surface area contributed by atoms with Crippen LogP contribution in [0.15, 0.2) is 45.6 Å². The van der Waals surface area contributed by atoms with Gasteiger partial charge in [-0.2, -0.15) is 4.31 Å². The largest absolute Gasteiger partial charge is 0.302 e. The van der Waals surface area contributed by atoms with E-state index in [9.17, 15) is 13.2 Å². The number of sulfonamides is 1. The lowest BCUT2D eigenvalue weighted by Gasteiger charge is -2.31. The lowest BCUT2D eigenvalue weighted by Crippen LogP contribution is -2.43. The Hall–Kier alpha value is -1.76. The van der Waals surface area contributed by atoms with Gasteiger partial charge in [0.15, 0.2) is 9.47 Å². The molecule has 0 aliphatic carbocycles. The van der Waals surface area contributed by atoms with E-state index in [-0.39, 0.29) is 17.3 Å². The van der Waals surface area contributed by atoms with Crippen LogP contribution >= 0.6 is 46.0 Å². The molecule has 0 spiro atoms. The van der Waals surface area contributed by atoms with Crippen molar-refractivity contribution in [2.45, 2.75) is 22.1 Å². The fourth-order valence-electron chi connectivity index (χ4n) is 3.83. The Bertz CT molecular complexity index is 1450. The van der Waals surface area contributed by atoms with Gasteiger partial charge < -0.3 is 5.32 Å². The third-order valence-corrected chi connectivity index (χ3v) is 10.8. The summed E-state index contributed by atoms with van der Waals surface area (Å²) in [5.74, 6) is -0.658. The third-order valence-electron chi connectivity index (χ3n) is 5.50.